The minimum Gasteiger partial charge on any atom is -0.340 e. The van der Waals surface area contributed by atoms with Gasteiger partial charge in [0.05, 0.1) is 5.56 Å². The normalized spacial score (nSPS) is 11.0. The number of aromatic nitrogens is 4. The van der Waals surface area contributed by atoms with Gasteiger partial charge in [0.25, 0.3) is 10.0 Å². The minimum absolute atomic E-state index is 0.0665. The van der Waals surface area contributed by atoms with Crippen LogP contribution in [-0.2, 0) is 10.0 Å². The van der Waals surface area contributed by atoms with Crippen molar-refractivity contribution in [3.8, 4) is 11.9 Å². The Labute approximate surface area is 179 Å². The predicted octanol–water partition coefficient (Wildman–Crippen LogP) is 3.39. The van der Waals surface area contributed by atoms with E-state index in [0.717, 1.165) is 5.69 Å². The van der Waals surface area contributed by atoms with Crippen molar-refractivity contribution in [2.45, 2.75) is 11.8 Å². The van der Waals surface area contributed by atoms with E-state index in [-0.39, 0.29) is 10.5 Å². The van der Waals surface area contributed by atoms with E-state index < -0.39 is 10.0 Å². The van der Waals surface area contributed by atoms with Gasteiger partial charge in [0.1, 0.15) is 34.8 Å². The molecule has 0 atom stereocenters. The molecule has 2 heterocycles. The molecule has 0 radical (unpaired) electrons. The monoisotopic (exact) mass is 431 g/mol. The first-order valence-electron chi connectivity index (χ1n) is 9.18. The van der Waals surface area contributed by atoms with Crippen molar-refractivity contribution in [3.63, 3.8) is 0 Å². The number of sulfonamides is 1. The summed E-state index contributed by atoms with van der Waals surface area (Å²) in [6, 6.07) is 16.4. The molecule has 0 unspecified atom stereocenters. The lowest BCUT2D eigenvalue weighted by molar-refractivity contribution is 0.601. The largest absolute Gasteiger partial charge is 0.340 e. The zero-order valence-corrected chi connectivity index (χ0v) is 17.2. The molecular formula is C21H17N7O2S. The van der Waals surface area contributed by atoms with Gasteiger partial charge in [0.2, 0.25) is 0 Å². The quantitative estimate of drug-likeness (QED) is 0.479. The van der Waals surface area contributed by atoms with Crippen LogP contribution in [0.25, 0.3) is 5.82 Å². The third kappa shape index (κ3) is 4.52. The molecular weight excluding hydrogens is 414 g/mol. The third-order valence-electron chi connectivity index (χ3n) is 4.30. The fourth-order valence-electron chi connectivity index (χ4n) is 2.92. The molecule has 0 saturated carbocycles. The van der Waals surface area contributed by atoms with Crippen LogP contribution in [0, 0.1) is 18.3 Å². The summed E-state index contributed by atoms with van der Waals surface area (Å²) in [5.74, 6) is 1.86. The van der Waals surface area contributed by atoms with Gasteiger partial charge in [-0.2, -0.15) is 5.26 Å². The number of imidazole rings is 1. The Balaban J connectivity index is 1.52. The Hall–Kier alpha value is -4.23. The molecule has 0 aliphatic carbocycles. The average molecular weight is 431 g/mol. The van der Waals surface area contributed by atoms with E-state index in [4.69, 9.17) is 5.26 Å². The van der Waals surface area contributed by atoms with Crippen molar-refractivity contribution in [2.75, 3.05) is 10.0 Å². The molecule has 2 aromatic carbocycles. The zero-order valence-electron chi connectivity index (χ0n) is 16.4. The van der Waals surface area contributed by atoms with Crippen LogP contribution in [0.1, 0.15) is 11.4 Å². The predicted molar refractivity (Wildman–Crippen MR) is 116 cm³/mol. The van der Waals surface area contributed by atoms with Crippen molar-refractivity contribution in [1.29, 1.82) is 5.26 Å². The molecule has 0 saturated heterocycles. The highest BCUT2D eigenvalue weighted by Gasteiger charge is 2.18. The molecule has 0 fully saturated rings. The Bertz CT molecular complexity index is 1360. The number of anilines is 3. The topological polar surface area (TPSA) is 126 Å². The van der Waals surface area contributed by atoms with Gasteiger partial charge < -0.3 is 5.32 Å². The van der Waals surface area contributed by atoms with Gasteiger partial charge in [0.15, 0.2) is 0 Å². The van der Waals surface area contributed by atoms with Gasteiger partial charge in [-0.3, -0.25) is 9.29 Å². The molecule has 9 nitrogen and oxygen atoms in total. The maximum Gasteiger partial charge on any atom is 0.263 e. The molecule has 2 aromatic heterocycles. The summed E-state index contributed by atoms with van der Waals surface area (Å²) >= 11 is 0. The molecule has 0 bridgehead atoms. The van der Waals surface area contributed by atoms with Gasteiger partial charge >= 0.3 is 0 Å². The fourth-order valence-corrected chi connectivity index (χ4v) is 4.13. The van der Waals surface area contributed by atoms with Gasteiger partial charge in [-0.05, 0) is 43.3 Å². The minimum atomic E-state index is -3.89. The van der Waals surface area contributed by atoms with Gasteiger partial charge in [-0.15, -0.1) is 0 Å². The second-order valence-corrected chi connectivity index (χ2v) is 8.20. The van der Waals surface area contributed by atoms with Crippen LogP contribution in [-0.4, -0.2) is 27.9 Å². The second-order valence-electron chi connectivity index (χ2n) is 6.54. The molecule has 0 amide bonds. The number of hydrogen-bond donors (Lipinski definition) is 2. The van der Waals surface area contributed by atoms with Crippen molar-refractivity contribution in [3.05, 3.63) is 84.7 Å². The van der Waals surface area contributed by atoms with Crippen LogP contribution >= 0.6 is 0 Å². The van der Waals surface area contributed by atoms with Crippen molar-refractivity contribution in [2.24, 2.45) is 0 Å². The number of nitriles is 1. The molecule has 31 heavy (non-hydrogen) atoms. The smallest absolute Gasteiger partial charge is 0.263 e. The van der Waals surface area contributed by atoms with E-state index in [1.807, 2.05) is 6.07 Å². The van der Waals surface area contributed by atoms with Crippen molar-refractivity contribution < 1.29 is 8.42 Å². The Morgan fingerprint density at radius 1 is 1.03 bits per heavy atom. The average Bonchev–Trinajstić information content (AvgIpc) is 3.30. The lowest BCUT2D eigenvalue weighted by atomic mass is 10.2. The van der Waals surface area contributed by atoms with E-state index in [9.17, 15) is 8.42 Å². The second kappa shape index (κ2) is 8.25. The molecule has 0 aliphatic heterocycles. The van der Waals surface area contributed by atoms with Crippen LogP contribution in [0.2, 0.25) is 0 Å². The van der Waals surface area contributed by atoms with E-state index in [2.05, 4.69) is 25.0 Å². The number of hydrogen-bond acceptors (Lipinski definition) is 7. The zero-order chi connectivity index (χ0) is 21.8. The Morgan fingerprint density at radius 2 is 1.77 bits per heavy atom. The lowest BCUT2D eigenvalue weighted by Crippen LogP contribution is -2.14. The number of aryl methyl sites for hydroxylation is 1. The molecule has 4 rings (SSSR count). The number of benzene rings is 2. The molecule has 0 aliphatic rings. The summed E-state index contributed by atoms with van der Waals surface area (Å²) in [5.41, 5.74) is 1.17. The Kier molecular flexibility index (Phi) is 5.34. The molecule has 4 aromatic rings. The summed E-state index contributed by atoms with van der Waals surface area (Å²) in [4.78, 5) is 12.7. The summed E-state index contributed by atoms with van der Waals surface area (Å²) in [5, 5.41) is 12.3. The first-order valence-corrected chi connectivity index (χ1v) is 10.7. The lowest BCUT2D eigenvalue weighted by Gasteiger charge is -2.11. The van der Waals surface area contributed by atoms with Gasteiger partial charge in [-0.25, -0.2) is 23.4 Å². The van der Waals surface area contributed by atoms with Crippen LogP contribution in [0.4, 0.5) is 17.2 Å². The fraction of sp³-hybridized carbons (Fsp3) is 0.0476. The Morgan fingerprint density at radius 3 is 2.48 bits per heavy atom. The third-order valence-corrected chi connectivity index (χ3v) is 5.74. The molecule has 2 N–H and O–H groups in total. The molecule has 10 heteroatoms. The van der Waals surface area contributed by atoms with Crippen LogP contribution in [0.5, 0.6) is 0 Å². The number of nitrogens with zero attached hydrogens (tertiary/aromatic N) is 5. The first kappa shape index (κ1) is 20.1. The van der Waals surface area contributed by atoms with E-state index in [1.165, 1.54) is 12.1 Å². The summed E-state index contributed by atoms with van der Waals surface area (Å²) < 4.78 is 29.6. The number of rotatable bonds is 6. The standard InChI is InChI=1S/C21H17N7O2S/c1-15-24-20(12-21(25-15)28-11-10-23-14-28)26-17-6-8-18(9-7-17)27-31(29,30)19-5-3-2-4-16(19)13-22/h2-12,14,27H,1H3,(H,24,25,26). The SMILES string of the molecule is Cc1nc(Nc2ccc(NS(=O)(=O)c3ccccc3C#N)cc2)cc(-n2ccnc2)n1. The maximum atomic E-state index is 12.6. The van der Waals surface area contributed by atoms with Crippen LogP contribution < -0.4 is 10.0 Å². The summed E-state index contributed by atoms with van der Waals surface area (Å²) in [6.45, 7) is 1.79. The van der Waals surface area contributed by atoms with Crippen LogP contribution in [0.15, 0.2) is 78.2 Å². The van der Waals surface area contributed by atoms with Crippen LogP contribution in [0.3, 0.4) is 0 Å². The van der Waals surface area contributed by atoms with Crippen molar-refractivity contribution >= 4 is 27.2 Å². The van der Waals surface area contributed by atoms with Crippen molar-refractivity contribution in [1.82, 2.24) is 19.5 Å². The highest BCUT2D eigenvalue weighted by Crippen LogP contribution is 2.22. The molecule has 0 spiro atoms. The van der Waals surface area contributed by atoms with E-state index in [1.54, 1.807) is 72.7 Å². The summed E-state index contributed by atoms with van der Waals surface area (Å²) in [7, 11) is -3.89. The van der Waals surface area contributed by atoms with E-state index >= 15 is 0 Å². The molecule has 154 valence electrons. The highest BCUT2D eigenvalue weighted by molar-refractivity contribution is 7.92. The maximum absolute atomic E-state index is 12.6. The van der Waals surface area contributed by atoms with E-state index in [0.29, 0.717) is 23.1 Å². The summed E-state index contributed by atoms with van der Waals surface area (Å²) in [6.07, 6.45) is 5.10. The van der Waals surface area contributed by atoms with Gasteiger partial charge in [0, 0.05) is 29.8 Å². The first-order chi connectivity index (χ1) is 14.9. The highest BCUT2D eigenvalue weighted by atomic mass is 32.2. The van der Waals surface area contributed by atoms with Gasteiger partial charge in [-0.1, -0.05) is 12.1 Å². The number of nitrogens with one attached hydrogen (secondary N) is 2.